The number of hydrogen-bond donors (Lipinski definition) is 0. The summed E-state index contributed by atoms with van der Waals surface area (Å²) in [6.45, 7) is 3.75. The van der Waals surface area contributed by atoms with Crippen molar-refractivity contribution in [3.63, 3.8) is 0 Å². The van der Waals surface area contributed by atoms with Crippen molar-refractivity contribution in [1.82, 2.24) is 0 Å². The number of hydrogen-bond acceptors (Lipinski definition) is 2. The largest absolute Gasteiger partial charge is 0.462 e. The van der Waals surface area contributed by atoms with Gasteiger partial charge in [0.05, 0.1) is 6.61 Å². The number of carbonyl (C=O) groups excluding carboxylic acids is 1. The lowest BCUT2D eigenvalue weighted by molar-refractivity contribution is -0.137. The third-order valence-corrected chi connectivity index (χ3v) is 2.66. The Kier molecular flexibility index (Phi) is 3.55. The zero-order chi connectivity index (χ0) is 12.1. The molecular formula is C15H14O2. The van der Waals surface area contributed by atoms with Crippen molar-refractivity contribution in [2.75, 3.05) is 6.61 Å². The average molecular weight is 226 g/mol. The van der Waals surface area contributed by atoms with Gasteiger partial charge in [-0.15, -0.1) is 0 Å². The van der Waals surface area contributed by atoms with Crippen molar-refractivity contribution in [2.24, 2.45) is 0 Å². The van der Waals surface area contributed by atoms with Crippen LogP contribution in [-0.2, 0) is 16.0 Å². The van der Waals surface area contributed by atoms with Crippen LogP contribution >= 0.6 is 0 Å². The standard InChI is InChI=1S/C15H14O2/c1-2-15(16)17-11-10-13-8-5-7-12-6-3-4-9-14(12)13/h2-9H,1,10-11H2. The lowest BCUT2D eigenvalue weighted by Crippen LogP contribution is -2.04. The lowest BCUT2D eigenvalue weighted by Gasteiger charge is -2.06. The molecule has 2 nitrogen and oxygen atoms in total. The number of esters is 1. The second-order valence-electron chi connectivity index (χ2n) is 3.76. The van der Waals surface area contributed by atoms with Crippen molar-refractivity contribution in [1.29, 1.82) is 0 Å². The van der Waals surface area contributed by atoms with E-state index in [1.54, 1.807) is 0 Å². The molecule has 0 fully saturated rings. The van der Waals surface area contributed by atoms with Crippen LogP contribution in [0.2, 0.25) is 0 Å². The molecule has 0 bridgehead atoms. The van der Waals surface area contributed by atoms with Gasteiger partial charge in [-0.2, -0.15) is 0 Å². The van der Waals surface area contributed by atoms with E-state index in [-0.39, 0.29) is 5.97 Å². The van der Waals surface area contributed by atoms with Crippen LogP contribution in [-0.4, -0.2) is 12.6 Å². The van der Waals surface area contributed by atoms with E-state index in [1.807, 2.05) is 18.2 Å². The quantitative estimate of drug-likeness (QED) is 0.591. The molecule has 0 heterocycles. The highest BCUT2D eigenvalue weighted by Crippen LogP contribution is 2.18. The maximum absolute atomic E-state index is 10.9. The van der Waals surface area contributed by atoms with Crippen LogP contribution in [0.25, 0.3) is 10.8 Å². The highest BCUT2D eigenvalue weighted by atomic mass is 16.5. The van der Waals surface area contributed by atoms with Crippen LogP contribution in [0.4, 0.5) is 0 Å². The molecule has 0 atom stereocenters. The third-order valence-electron chi connectivity index (χ3n) is 2.66. The van der Waals surface area contributed by atoms with Crippen LogP contribution in [0.3, 0.4) is 0 Å². The number of rotatable bonds is 4. The van der Waals surface area contributed by atoms with Crippen LogP contribution in [0.15, 0.2) is 55.1 Å². The Morgan fingerprint density at radius 2 is 1.94 bits per heavy atom. The SMILES string of the molecule is C=CC(=O)OCCc1cccc2ccccc12. The highest BCUT2D eigenvalue weighted by molar-refractivity contribution is 5.85. The average Bonchev–Trinajstić information content (AvgIpc) is 2.39. The van der Waals surface area contributed by atoms with E-state index in [4.69, 9.17) is 4.74 Å². The Labute approximate surface area is 101 Å². The molecule has 2 rings (SSSR count). The summed E-state index contributed by atoms with van der Waals surface area (Å²) in [5, 5.41) is 2.42. The molecule has 0 radical (unpaired) electrons. The minimum absolute atomic E-state index is 0.370. The first-order valence-electron chi connectivity index (χ1n) is 5.57. The van der Waals surface area contributed by atoms with E-state index in [0.717, 1.165) is 6.42 Å². The zero-order valence-corrected chi connectivity index (χ0v) is 9.56. The molecule has 0 aromatic heterocycles. The Balaban J connectivity index is 2.13. The van der Waals surface area contributed by atoms with Gasteiger partial charge < -0.3 is 4.74 Å². The van der Waals surface area contributed by atoms with E-state index in [0.29, 0.717) is 6.61 Å². The van der Waals surface area contributed by atoms with Gasteiger partial charge in [0, 0.05) is 12.5 Å². The Morgan fingerprint density at radius 3 is 2.76 bits per heavy atom. The number of benzene rings is 2. The monoisotopic (exact) mass is 226 g/mol. The molecule has 2 aromatic carbocycles. The molecule has 0 aliphatic rings. The van der Waals surface area contributed by atoms with Gasteiger partial charge in [-0.05, 0) is 16.3 Å². The zero-order valence-electron chi connectivity index (χ0n) is 9.56. The highest BCUT2D eigenvalue weighted by Gasteiger charge is 2.01. The number of fused-ring (bicyclic) bond motifs is 1. The van der Waals surface area contributed by atoms with Crippen LogP contribution in [0.1, 0.15) is 5.56 Å². The van der Waals surface area contributed by atoms with Gasteiger partial charge in [-0.25, -0.2) is 4.79 Å². The van der Waals surface area contributed by atoms with Gasteiger partial charge >= 0.3 is 5.97 Å². The van der Waals surface area contributed by atoms with E-state index in [1.165, 1.54) is 22.4 Å². The van der Waals surface area contributed by atoms with Crippen molar-refractivity contribution in [3.8, 4) is 0 Å². The summed E-state index contributed by atoms with van der Waals surface area (Å²) in [6, 6.07) is 14.4. The summed E-state index contributed by atoms with van der Waals surface area (Å²) >= 11 is 0. The Bertz CT molecular complexity index is 538. The first kappa shape index (κ1) is 11.4. The molecule has 0 amide bonds. The van der Waals surface area contributed by atoms with Crippen LogP contribution < -0.4 is 0 Å². The van der Waals surface area contributed by atoms with Gasteiger partial charge in [-0.1, -0.05) is 49.0 Å². The maximum atomic E-state index is 10.9. The second-order valence-corrected chi connectivity index (χ2v) is 3.76. The van der Waals surface area contributed by atoms with Crippen molar-refractivity contribution in [2.45, 2.75) is 6.42 Å². The molecule has 86 valence electrons. The fourth-order valence-electron chi connectivity index (χ4n) is 1.83. The first-order chi connectivity index (χ1) is 8.31. The van der Waals surface area contributed by atoms with Crippen molar-refractivity contribution < 1.29 is 9.53 Å². The molecular weight excluding hydrogens is 212 g/mol. The van der Waals surface area contributed by atoms with Crippen molar-refractivity contribution in [3.05, 3.63) is 60.7 Å². The predicted molar refractivity (Wildman–Crippen MR) is 68.8 cm³/mol. The topological polar surface area (TPSA) is 26.3 Å². The molecule has 0 spiro atoms. The maximum Gasteiger partial charge on any atom is 0.330 e. The molecule has 0 aliphatic heterocycles. The number of ether oxygens (including phenoxy) is 1. The fraction of sp³-hybridized carbons (Fsp3) is 0.133. The minimum atomic E-state index is -0.370. The predicted octanol–water partition coefficient (Wildman–Crippen LogP) is 3.11. The summed E-state index contributed by atoms with van der Waals surface area (Å²) in [7, 11) is 0. The van der Waals surface area contributed by atoms with E-state index >= 15 is 0 Å². The van der Waals surface area contributed by atoms with Gasteiger partial charge in [0.25, 0.3) is 0 Å². The molecule has 2 aromatic rings. The van der Waals surface area contributed by atoms with E-state index in [2.05, 4.69) is 30.8 Å². The molecule has 0 unspecified atom stereocenters. The Hall–Kier alpha value is -2.09. The summed E-state index contributed by atoms with van der Waals surface area (Å²) in [4.78, 5) is 10.9. The molecule has 0 aliphatic carbocycles. The summed E-state index contributed by atoms with van der Waals surface area (Å²) in [5.74, 6) is -0.370. The van der Waals surface area contributed by atoms with Gasteiger partial charge in [-0.3, -0.25) is 0 Å². The normalized spacial score (nSPS) is 10.1. The van der Waals surface area contributed by atoms with E-state index in [9.17, 15) is 4.79 Å². The third kappa shape index (κ3) is 2.72. The first-order valence-corrected chi connectivity index (χ1v) is 5.57. The van der Waals surface area contributed by atoms with Crippen LogP contribution in [0.5, 0.6) is 0 Å². The van der Waals surface area contributed by atoms with Gasteiger partial charge in [0.15, 0.2) is 0 Å². The molecule has 17 heavy (non-hydrogen) atoms. The summed E-state index contributed by atoms with van der Waals surface area (Å²) in [5.41, 5.74) is 1.19. The van der Waals surface area contributed by atoms with Gasteiger partial charge in [0.1, 0.15) is 0 Å². The van der Waals surface area contributed by atoms with Crippen molar-refractivity contribution >= 4 is 16.7 Å². The summed E-state index contributed by atoms with van der Waals surface area (Å²) in [6.07, 6.45) is 1.91. The fourth-order valence-corrected chi connectivity index (χ4v) is 1.83. The molecule has 2 heteroatoms. The molecule has 0 N–H and O–H groups in total. The number of carbonyl (C=O) groups is 1. The molecule has 0 saturated carbocycles. The Morgan fingerprint density at radius 1 is 1.18 bits per heavy atom. The van der Waals surface area contributed by atoms with Gasteiger partial charge in [0.2, 0.25) is 0 Å². The smallest absolute Gasteiger partial charge is 0.330 e. The summed E-state index contributed by atoms with van der Waals surface area (Å²) < 4.78 is 4.99. The van der Waals surface area contributed by atoms with Crippen LogP contribution in [0, 0.1) is 0 Å². The second kappa shape index (κ2) is 5.30. The lowest BCUT2D eigenvalue weighted by atomic mass is 10.0. The molecule has 0 saturated heterocycles. The minimum Gasteiger partial charge on any atom is -0.462 e. The van der Waals surface area contributed by atoms with E-state index < -0.39 is 0 Å².